The van der Waals surface area contributed by atoms with Crippen molar-refractivity contribution in [1.82, 2.24) is 4.90 Å². The predicted molar refractivity (Wildman–Crippen MR) is 108 cm³/mol. The van der Waals surface area contributed by atoms with E-state index in [1.807, 2.05) is 31.2 Å². The normalized spacial score (nSPS) is 15.0. The van der Waals surface area contributed by atoms with Gasteiger partial charge in [-0.2, -0.15) is 0 Å². The Morgan fingerprint density at radius 3 is 2.33 bits per heavy atom. The lowest BCUT2D eigenvalue weighted by atomic mass is 9.97. The van der Waals surface area contributed by atoms with Gasteiger partial charge in [0.1, 0.15) is 0 Å². The van der Waals surface area contributed by atoms with Crippen LogP contribution in [0.25, 0.3) is 0 Å². The van der Waals surface area contributed by atoms with Gasteiger partial charge in [-0.1, -0.05) is 19.1 Å². The predicted octanol–water partition coefficient (Wildman–Crippen LogP) is 3.65. The van der Waals surface area contributed by atoms with E-state index < -0.39 is 0 Å². The molecule has 5 heteroatoms. The average Bonchev–Trinajstić information content (AvgIpc) is 2.72. The van der Waals surface area contributed by atoms with Crippen LogP contribution in [0.4, 0.5) is 5.69 Å². The minimum Gasteiger partial charge on any atom is -0.493 e. The number of methoxy groups -OCH3 is 2. The molecule has 1 atom stereocenters. The third kappa shape index (κ3) is 4.25. The number of nitrogens with zero attached hydrogens (tertiary/aromatic N) is 1. The molecule has 1 N–H and O–H groups in total. The van der Waals surface area contributed by atoms with Gasteiger partial charge in [0.25, 0.3) is 0 Å². The third-order valence-corrected chi connectivity index (χ3v) is 5.30. The molecule has 0 aliphatic carbocycles. The summed E-state index contributed by atoms with van der Waals surface area (Å²) in [5.74, 6) is 1.50. The van der Waals surface area contributed by atoms with E-state index in [0.29, 0.717) is 0 Å². The zero-order valence-corrected chi connectivity index (χ0v) is 16.5. The van der Waals surface area contributed by atoms with E-state index in [-0.39, 0.29) is 11.9 Å². The number of carbonyl (C=O) groups excluding carboxylic acids is 1. The standard InChI is InChI=1S/C22H28N2O3/c1-5-16-6-8-19(9-7-16)23-22(25)15(2)24-11-10-17-12-20(26-3)21(27-4)13-18(17)14-24/h6-9,12-13,15H,5,10-11,14H2,1-4H3,(H,23,25). The quantitative estimate of drug-likeness (QED) is 0.846. The number of carbonyl (C=O) groups is 1. The fourth-order valence-electron chi connectivity index (χ4n) is 3.47. The van der Waals surface area contributed by atoms with Crippen LogP contribution >= 0.6 is 0 Å². The number of benzene rings is 2. The van der Waals surface area contributed by atoms with Crippen molar-refractivity contribution in [3.05, 3.63) is 53.1 Å². The highest BCUT2D eigenvalue weighted by Crippen LogP contribution is 2.33. The SMILES string of the molecule is CCc1ccc(NC(=O)C(C)N2CCc3cc(OC)c(OC)cc3C2)cc1. The zero-order chi connectivity index (χ0) is 19.4. The van der Waals surface area contributed by atoms with E-state index >= 15 is 0 Å². The Bertz CT molecular complexity index is 802. The summed E-state index contributed by atoms with van der Waals surface area (Å²) >= 11 is 0. The molecule has 144 valence electrons. The monoisotopic (exact) mass is 368 g/mol. The zero-order valence-electron chi connectivity index (χ0n) is 16.5. The summed E-state index contributed by atoms with van der Waals surface area (Å²) in [5.41, 5.74) is 4.54. The summed E-state index contributed by atoms with van der Waals surface area (Å²) in [7, 11) is 3.30. The summed E-state index contributed by atoms with van der Waals surface area (Å²) in [6, 6.07) is 11.9. The van der Waals surface area contributed by atoms with Crippen molar-refractivity contribution in [2.75, 3.05) is 26.1 Å². The van der Waals surface area contributed by atoms with E-state index in [2.05, 4.69) is 29.3 Å². The summed E-state index contributed by atoms with van der Waals surface area (Å²) in [4.78, 5) is 14.9. The van der Waals surface area contributed by atoms with Gasteiger partial charge >= 0.3 is 0 Å². The van der Waals surface area contributed by atoms with Gasteiger partial charge in [-0.05, 0) is 60.7 Å². The average molecular weight is 368 g/mol. The first kappa shape index (κ1) is 19.2. The molecule has 0 saturated carbocycles. The second-order valence-corrected chi connectivity index (χ2v) is 6.91. The number of nitrogens with one attached hydrogen (secondary N) is 1. The second-order valence-electron chi connectivity index (χ2n) is 6.91. The van der Waals surface area contributed by atoms with Crippen LogP contribution in [0.1, 0.15) is 30.5 Å². The largest absolute Gasteiger partial charge is 0.493 e. The molecule has 0 spiro atoms. The molecule has 0 radical (unpaired) electrons. The van der Waals surface area contributed by atoms with Gasteiger partial charge in [0, 0.05) is 18.8 Å². The van der Waals surface area contributed by atoms with E-state index in [0.717, 1.165) is 43.1 Å². The molecule has 5 nitrogen and oxygen atoms in total. The Morgan fingerprint density at radius 2 is 1.74 bits per heavy atom. The van der Waals surface area contributed by atoms with E-state index in [9.17, 15) is 4.79 Å². The molecule has 1 aliphatic heterocycles. The Balaban J connectivity index is 1.69. The maximum atomic E-state index is 12.7. The summed E-state index contributed by atoms with van der Waals surface area (Å²) in [5, 5.41) is 3.03. The number of hydrogen-bond acceptors (Lipinski definition) is 4. The smallest absolute Gasteiger partial charge is 0.241 e. The van der Waals surface area contributed by atoms with Crippen LogP contribution < -0.4 is 14.8 Å². The van der Waals surface area contributed by atoms with Crippen LogP contribution in [0, 0.1) is 0 Å². The first-order chi connectivity index (χ1) is 13.0. The Morgan fingerprint density at radius 1 is 1.11 bits per heavy atom. The van der Waals surface area contributed by atoms with Crippen LogP contribution in [-0.2, 0) is 24.2 Å². The molecule has 2 aromatic rings. The van der Waals surface area contributed by atoms with Crippen molar-refractivity contribution in [2.45, 2.75) is 39.3 Å². The lowest BCUT2D eigenvalue weighted by molar-refractivity contribution is -0.121. The summed E-state index contributed by atoms with van der Waals surface area (Å²) in [6.45, 7) is 5.64. The number of ether oxygens (including phenoxy) is 2. The number of aryl methyl sites for hydroxylation is 1. The number of rotatable bonds is 6. The molecule has 1 aliphatic rings. The molecule has 1 amide bonds. The van der Waals surface area contributed by atoms with Crippen molar-refractivity contribution in [1.29, 1.82) is 0 Å². The first-order valence-electron chi connectivity index (χ1n) is 9.43. The van der Waals surface area contributed by atoms with E-state index in [1.165, 1.54) is 16.7 Å². The second kappa shape index (κ2) is 8.44. The van der Waals surface area contributed by atoms with Crippen molar-refractivity contribution >= 4 is 11.6 Å². The molecular formula is C22H28N2O3. The van der Waals surface area contributed by atoms with Gasteiger partial charge in [-0.15, -0.1) is 0 Å². The van der Waals surface area contributed by atoms with Crippen LogP contribution in [-0.4, -0.2) is 37.6 Å². The number of anilines is 1. The molecule has 3 rings (SSSR count). The van der Waals surface area contributed by atoms with Crippen molar-refractivity contribution in [2.24, 2.45) is 0 Å². The minimum absolute atomic E-state index is 0.0168. The van der Waals surface area contributed by atoms with Gasteiger partial charge in [0.05, 0.1) is 20.3 Å². The maximum Gasteiger partial charge on any atom is 0.241 e. The molecule has 1 heterocycles. The van der Waals surface area contributed by atoms with Crippen molar-refractivity contribution in [3.63, 3.8) is 0 Å². The fourth-order valence-corrected chi connectivity index (χ4v) is 3.47. The summed E-state index contributed by atoms with van der Waals surface area (Å²) in [6.07, 6.45) is 1.88. The van der Waals surface area contributed by atoms with Crippen LogP contribution in [0.15, 0.2) is 36.4 Å². The highest BCUT2D eigenvalue weighted by atomic mass is 16.5. The van der Waals surface area contributed by atoms with Gasteiger partial charge < -0.3 is 14.8 Å². The lowest BCUT2D eigenvalue weighted by Gasteiger charge is -2.33. The van der Waals surface area contributed by atoms with Crippen LogP contribution in [0.3, 0.4) is 0 Å². The first-order valence-corrected chi connectivity index (χ1v) is 9.43. The molecule has 0 fully saturated rings. The molecule has 0 aromatic heterocycles. The third-order valence-electron chi connectivity index (χ3n) is 5.30. The Hall–Kier alpha value is -2.53. The van der Waals surface area contributed by atoms with E-state index in [1.54, 1.807) is 14.2 Å². The van der Waals surface area contributed by atoms with Crippen LogP contribution in [0.2, 0.25) is 0 Å². The Kier molecular flexibility index (Phi) is 6.01. The topological polar surface area (TPSA) is 50.8 Å². The van der Waals surface area contributed by atoms with Gasteiger partial charge in [0.2, 0.25) is 5.91 Å². The van der Waals surface area contributed by atoms with Crippen molar-refractivity contribution < 1.29 is 14.3 Å². The molecule has 2 aromatic carbocycles. The van der Waals surface area contributed by atoms with Crippen LogP contribution in [0.5, 0.6) is 11.5 Å². The summed E-state index contributed by atoms with van der Waals surface area (Å²) < 4.78 is 10.8. The maximum absolute atomic E-state index is 12.7. The molecule has 27 heavy (non-hydrogen) atoms. The number of fused-ring (bicyclic) bond motifs is 1. The minimum atomic E-state index is -0.211. The molecular weight excluding hydrogens is 340 g/mol. The number of hydrogen-bond donors (Lipinski definition) is 1. The highest BCUT2D eigenvalue weighted by Gasteiger charge is 2.26. The van der Waals surface area contributed by atoms with E-state index in [4.69, 9.17) is 9.47 Å². The molecule has 0 saturated heterocycles. The lowest BCUT2D eigenvalue weighted by Crippen LogP contribution is -2.44. The van der Waals surface area contributed by atoms with Gasteiger partial charge in [-0.25, -0.2) is 0 Å². The molecule has 0 bridgehead atoms. The highest BCUT2D eigenvalue weighted by molar-refractivity contribution is 5.94. The fraction of sp³-hybridized carbons (Fsp3) is 0.409. The van der Waals surface area contributed by atoms with Gasteiger partial charge in [0.15, 0.2) is 11.5 Å². The number of amides is 1. The molecule has 1 unspecified atom stereocenters. The van der Waals surface area contributed by atoms with Gasteiger partial charge in [-0.3, -0.25) is 9.69 Å². The Labute approximate surface area is 161 Å². The van der Waals surface area contributed by atoms with Crippen molar-refractivity contribution in [3.8, 4) is 11.5 Å².